The van der Waals surface area contributed by atoms with Crippen LogP contribution in [0.25, 0.3) is 0 Å². The van der Waals surface area contributed by atoms with Gasteiger partial charge in [0.05, 0.1) is 24.4 Å². The molecule has 0 saturated carbocycles. The number of nitrogens with two attached hydrogens (primary N) is 1. The Morgan fingerprint density at radius 2 is 2.05 bits per heavy atom. The maximum absolute atomic E-state index is 5.57. The van der Waals surface area contributed by atoms with E-state index in [0.29, 0.717) is 21.8 Å². The lowest BCUT2D eigenvalue weighted by molar-refractivity contribution is 0.405. The van der Waals surface area contributed by atoms with E-state index in [2.05, 4.69) is 31.2 Å². The molecule has 0 spiro atoms. The van der Waals surface area contributed by atoms with Crippen molar-refractivity contribution in [3.63, 3.8) is 0 Å². The van der Waals surface area contributed by atoms with Crippen molar-refractivity contribution in [3.8, 4) is 11.5 Å². The van der Waals surface area contributed by atoms with Crippen LogP contribution in [0.3, 0.4) is 0 Å². The predicted octanol–water partition coefficient (Wildman–Crippen LogP) is 2.58. The summed E-state index contributed by atoms with van der Waals surface area (Å²) in [5, 5.41) is 3.12. The molecule has 7 heteroatoms. The van der Waals surface area contributed by atoms with Gasteiger partial charge in [0.1, 0.15) is 17.3 Å². The number of nitrogens with one attached hydrogen (secondary N) is 1. The molecule has 2 rings (SSSR count). The van der Waals surface area contributed by atoms with Gasteiger partial charge in [-0.25, -0.2) is 4.98 Å². The fourth-order valence-electron chi connectivity index (χ4n) is 1.51. The van der Waals surface area contributed by atoms with Crippen LogP contribution in [0.4, 0.5) is 17.5 Å². The lowest BCUT2D eigenvalue weighted by Gasteiger charge is -2.13. The minimum Gasteiger partial charge on any atom is -0.497 e. The molecule has 0 atom stereocenters. The van der Waals surface area contributed by atoms with Gasteiger partial charge in [-0.2, -0.15) is 4.98 Å². The van der Waals surface area contributed by atoms with Crippen LogP contribution < -0.4 is 20.5 Å². The monoisotopic (exact) mass is 324 g/mol. The van der Waals surface area contributed by atoms with Crippen LogP contribution in [0, 0.1) is 0 Å². The summed E-state index contributed by atoms with van der Waals surface area (Å²) in [5.41, 5.74) is 6.29. The summed E-state index contributed by atoms with van der Waals surface area (Å²) in [6, 6.07) is 5.43. The van der Waals surface area contributed by atoms with Crippen LogP contribution in [-0.2, 0) is 0 Å². The Labute approximate surface area is 119 Å². The summed E-state index contributed by atoms with van der Waals surface area (Å²) in [6.45, 7) is 0. The van der Waals surface area contributed by atoms with Crippen LogP contribution in [-0.4, -0.2) is 24.2 Å². The Bertz CT molecular complexity index is 592. The average Bonchev–Trinajstić information content (AvgIpc) is 2.42. The van der Waals surface area contributed by atoms with E-state index in [4.69, 9.17) is 15.2 Å². The second kappa shape index (κ2) is 5.75. The quantitative estimate of drug-likeness (QED) is 0.899. The minimum absolute atomic E-state index is 0.188. The van der Waals surface area contributed by atoms with E-state index in [9.17, 15) is 0 Å². The summed E-state index contributed by atoms with van der Waals surface area (Å²) in [6.07, 6.45) is 1.58. The summed E-state index contributed by atoms with van der Waals surface area (Å²) in [5.74, 6) is 2.12. The first-order chi connectivity index (χ1) is 9.13. The van der Waals surface area contributed by atoms with Crippen molar-refractivity contribution >= 4 is 33.4 Å². The van der Waals surface area contributed by atoms with Gasteiger partial charge in [0.25, 0.3) is 0 Å². The van der Waals surface area contributed by atoms with Gasteiger partial charge < -0.3 is 20.5 Å². The summed E-state index contributed by atoms with van der Waals surface area (Å²) < 4.78 is 11.2. The van der Waals surface area contributed by atoms with E-state index in [-0.39, 0.29) is 5.95 Å². The van der Waals surface area contributed by atoms with Crippen molar-refractivity contribution in [1.82, 2.24) is 9.97 Å². The third kappa shape index (κ3) is 3.05. The Morgan fingerprint density at radius 1 is 1.26 bits per heavy atom. The van der Waals surface area contributed by atoms with Crippen molar-refractivity contribution in [2.24, 2.45) is 0 Å². The Kier molecular flexibility index (Phi) is 4.06. The van der Waals surface area contributed by atoms with Crippen molar-refractivity contribution in [2.75, 3.05) is 25.3 Å². The topological polar surface area (TPSA) is 82.3 Å². The average molecular weight is 325 g/mol. The fraction of sp³-hybridized carbons (Fsp3) is 0.167. The van der Waals surface area contributed by atoms with E-state index < -0.39 is 0 Å². The molecular formula is C12H13BrN4O2. The maximum Gasteiger partial charge on any atom is 0.222 e. The molecule has 0 aliphatic rings. The number of hydrogen-bond acceptors (Lipinski definition) is 6. The molecule has 0 amide bonds. The number of nitrogens with zero attached hydrogens (tertiary/aromatic N) is 2. The zero-order valence-corrected chi connectivity index (χ0v) is 12.1. The third-order valence-corrected chi connectivity index (χ3v) is 3.00. The van der Waals surface area contributed by atoms with E-state index in [1.807, 2.05) is 12.1 Å². The second-order valence-corrected chi connectivity index (χ2v) is 4.47. The van der Waals surface area contributed by atoms with Crippen molar-refractivity contribution < 1.29 is 9.47 Å². The fourth-order valence-corrected chi connectivity index (χ4v) is 1.80. The van der Waals surface area contributed by atoms with Crippen LogP contribution >= 0.6 is 15.9 Å². The number of aromatic nitrogens is 2. The van der Waals surface area contributed by atoms with E-state index >= 15 is 0 Å². The molecule has 3 N–H and O–H groups in total. The molecule has 1 aromatic heterocycles. The molecule has 1 aromatic carbocycles. The Balaban J connectivity index is 2.38. The molecule has 0 saturated heterocycles. The highest BCUT2D eigenvalue weighted by Crippen LogP contribution is 2.33. The van der Waals surface area contributed by atoms with Gasteiger partial charge in [0.2, 0.25) is 5.95 Å². The molecule has 0 bridgehead atoms. The number of methoxy groups -OCH3 is 2. The molecule has 0 fully saturated rings. The van der Waals surface area contributed by atoms with Gasteiger partial charge >= 0.3 is 0 Å². The molecule has 0 aliphatic carbocycles. The third-order valence-electron chi connectivity index (χ3n) is 2.42. The zero-order valence-electron chi connectivity index (χ0n) is 10.5. The lowest BCUT2D eigenvalue weighted by Crippen LogP contribution is -2.02. The Morgan fingerprint density at radius 3 is 2.74 bits per heavy atom. The highest BCUT2D eigenvalue weighted by molar-refractivity contribution is 9.10. The van der Waals surface area contributed by atoms with Crippen LogP contribution in [0.1, 0.15) is 0 Å². The Hall–Kier alpha value is -2.02. The summed E-state index contributed by atoms with van der Waals surface area (Å²) in [7, 11) is 3.19. The number of benzene rings is 1. The first kappa shape index (κ1) is 13.4. The molecule has 0 unspecified atom stereocenters. The molecule has 2 aromatic rings. The van der Waals surface area contributed by atoms with E-state index in [1.54, 1.807) is 26.5 Å². The molecule has 0 radical (unpaired) electrons. The number of anilines is 3. The normalized spacial score (nSPS) is 10.1. The predicted molar refractivity (Wildman–Crippen MR) is 77.0 cm³/mol. The smallest absolute Gasteiger partial charge is 0.222 e. The van der Waals surface area contributed by atoms with Gasteiger partial charge in [-0.3, -0.25) is 0 Å². The van der Waals surface area contributed by atoms with Crippen LogP contribution in [0.5, 0.6) is 11.5 Å². The van der Waals surface area contributed by atoms with Gasteiger partial charge in [-0.05, 0) is 28.1 Å². The van der Waals surface area contributed by atoms with Crippen LogP contribution in [0.15, 0.2) is 28.9 Å². The molecule has 0 aliphatic heterocycles. The number of hydrogen-bond donors (Lipinski definition) is 2. The van der Waals surface area contributed by atoms with Gasteiger partial charge in [-0.15, -0.1) is 0 Å². The molecule has 100 valence electrons. The van der Waals surface area contributed by atoms with Crippen molar-refractivity contribution in [3.05, 3.63) is 28.9 Å². The molecule has 6 nitrogen and oxygen atoms in total. The second-order valence-electron chi connectivity index (χ2n) is 3.62. The number of nitrogen functional groups attached to an aromatic ring is 1. The van der Waals surface area contributed by atoms with Crippen molar-refractivity contribution in [1.29, 1.82) is 0 Å². The number of halogens is 1. The first-order valence-electron chi connectivity index (χ1n) is 5.41. The van der Waals surface area contributed by atoms with E-state index in [1.165, 1.54) is 0 Å². The molecule has 19 heavy (non-hydrogen) atoms. The van der Waals surface area contributed by atoms with Gasteiger partial charge in [0.15, 0.2) is 0 Å². The highest BCUT2D eigenvalue weighted by Gasteiger charge is 2.09. The zero-order chi connectivity index (χ0) is 13.8. The minimum atomic E-state index is 0.188. The number of rotatable bonds is 4. The van der Waals surface area contributed by atoms with E-state index in [0.717, 1.165) is 5.69 Å². The maximum atomic E-state index is 5.57. The molecule has 1 heterocycles. The highest BCUT2D eigenvalue weighted by atomic mass is 79.9. The van der Waals surface area contributed by atoms with Gasteiger partial charge in [-0.1, -0.05) is 0 Å². The number of ether oxygens (including phenoxy) is 2. The standard InChI is InChI=1S/C12H13BrN4O2/c1-18-7-3-4-10(19-2)9(5-7)16-11-8(13)6-15-12(14)17-11/h3-6H,1-2H3,(H3,14,15,16,17). The van der Waals surface area contributed by atoms with Gasteiger partial charge in [0, 0.05) is 12.3 Å². The largest absolute Gasteiger partial charge is 0.497 e. The van der Waals surface area contributed by atoms with Crippen LogP contribution in [0.2, 0.25) is 0 Å². The summed E-state index contributed by atoms with van der Waals surface area (Å²) >= 11 is 3.35. The molecular weight excluding hydrogens is 312 g/mol. The lowest BCUT2D eigenvalue weighted by atomic mass is 10.2. The van der Waals surface area contributed by atoms with Crippen molar-refractivity contribution in [2.45, 2.75) is 0 Å². The SMILES string of the molecule is COc1ccc(OC)c(Nc2nc(N)ncc2Br)c1. The summed E-state index contributed by atoms with van der Waals surface area (Å²) in [4.78, 5) is 7.99. The first-order valence-corrected chi connectivity index (χ1v) is 6.20.